The molecule has 1 N–H and O–H groups in total. The van der Waals surface area contributed by atoms with Gasteiger partial charge in [-0.15, -0.1) is 0 Å². The minimum absolute atomic E-state index is 0.206. The van der Waals surface area contributed by atoms with Gasteiger partial charge in [-0.1, -0.05) is 30.1 Å². The van der Waals surface area contributed by atoms with Gasteiger partial charge in [0.1, 0.15) is 17.6 Å². The Labute approximate surface area is 169 Å². The lowest BCUT2D eigenvalue weighted by Gasteiger charge is -2.16. The Balaban J connectivity index is 2.73. The zero-order valence-corrected chi connectivity index (χ0v) is 16.2. The Bertz CT molecular complexity index is 894. The SMILES string of the molecule is CCCNc1c(SC(F)(F)F)c(C#N)nn1-c1c(Cl)cc(C(F)(F)F)cc1Cl. The van der Waals surface area contributed by atoms with Crippen molar-refractivity contribution in [2.24, 2.45) is 0 Å². The van der Waals surface area contributed by atoms with E-state index in [1.165, 1.54) is 0 Å². The first kappa shape index (κ1) is 22.5. The number of halogens is 8. The van der Waals surface area contributed by atoms with Crippen molar-refractivity contribution in [1.82, 2.24) is 9.78 Å². The van der Waals surface area contributed by atoms with Crippen LogP contribution in [0.3, 0.4) is 0 Å². The molecule has 0 saturated carbocycles. The Morgan fingerprint density at radius 1 is 1.18 bits per heavy atom. The van der Waals surface area contributed by atoms with Crippen LogP contribution in [0, 0.1) is 11.3 Å². The number of hydrogen-bond donors (Lipinski definition) is 1. The summed E-state index contributed by atoms with van der Waals surface area (Å²) in [7, 11) is 0. The van der Waals surface area contributed by atoms with Gasteiger partial charge in [-0.05, 0) is 30.3 Å². The maximum Gasteiger partial charge on any atom is 0.446 e. The van der Waals surface area contributed by atoms with Gasteiger partial charge in [-0.3, -0.25) is 0 Å². The first-order valence-electron chi connectivity index (χ1n) is 7.48. The highest BCUT2D eigenvalue weighted by Gasteiger charge is 2.36. The topological polar surface area (TPSA) is 53.6 Å². The van der Waals surface area contributed by atoms with Crippen molar-refractivity contribution in [2.45, 2.75) is 29.9 Å². The average molecular weight is 463 g/mol. The van der Waals surface area contributed by atoms with E-state index in [1.807, 2.05) is 0 Å². The Hall–Kier alpha value is -1.77. The van der Waals surface area contributed by atoms with Crippen molar-refractivity contribution in [2.75, 3.05) is 11.9 Å². The number of nitrogens with one attached hydrogen (secondary N) is 1. The molecule has 13 heteroatoms. The Morgan fingerprint density at radius 2 is 1.75 bits per heavy atom. The van der Waals surface area contributed by atoms with Crippen molar-refractivity contribution in [3.05, 3.63) is 33.4 Å². The third-order valence-corrected chi connectivity index (χ3v) is 4.66. The van der Waals surface area contributed by atoms with Crippen molar-refractivity contribution in [3.63, 3.8) is 0 Å². The van der Waals surface area contributed by atoms with Gasteiger partial charge in [0.2, 0.25) is 0 Å². The van der Waals surface area contributed by atoms with Crippen LogP contribution in [0.2, 0.25) is 10.0 Å². The molecule has 0 atom stereocenters. The van der Waals surface area contributed by atoms with E-state index in [-0.39, 0.29) is 18.1 Å². The molecule has 0 amide bonds. The van der Waals surface area contributed by atoms with Crippen LogP contribution in [0.25, 0.3) is 5.69 Å². The van der Waals surface area contributed by atoms with E-state index in [0.29, 0.717) is 18.6 Å². The third kappa shape index (κ3) is 4.98. The number of benzene rings is 1. The number of alkyl halides is 6. The normalized spacial score (nSPS) is 12.1. The smallest absolute Gasteiger partial charge is 0.369 e. The van der Waals surface area contributed by atoms with Crippen LogP contribution in [0.15, 0.2) is 17.0 Å². The number of nitriles is 1. The number of thioether (sulfide) groups is 1. The molecule has 0 saturated heterocycles. The van der Waals surface area contributed by atoms with Crippen LogP contribution in [0.1, 0.15) is 24.6 Å². The lowest BCUT2D eigenvalue weighted by molar-refractivity contribution is -0.137. The molecule has 2 rings (SSSR count). The number of hydrogen-bond acceptors (Lipinski definition) is 4. The zero-order valence-electron chi connectivity index (χ0n) is 13.8. The van der Waals surface area contributed by atoms with Gasteiger partial charge >= 0.3 is 11.7 Å². The van der Waals surface area contributed by atoms with E-state index in [0.717, 1.165) is 4.68 Å². The summed E-state index contributed by atoms with van der Waals surface area (Å²) < 4.78 is 78.3. The van der Waals surface area contributed by atoms with Gasteiger partial charge in [-0.25, -0.2) is 4.68 Å². The summed E-state index contributed by atoms with van der Waals surface area (Å²) in [6.45, 7) is 1.95. The number of rotatable bonds is 5. The van der Waals surface area contributed by atoms with E-state index in [9.17, 15) is 26.3 Å². The lowest BCUT2D eigenvalue weighted by Crippen LogP contribution is -2.11. The minimum Gasteiger partial charge on any atom is -0.369 e. The molecule has 0 radical (unpaired) electrons. The second-order valence-electron chi connectivity index (χ2n) is 5.31. The molecule has 1 aromatic carbocycles. The van der Waals surface area contributed by atoms with Gasteiger partial charge in [-0.2, -0.15) is 36.7 Å². The van der Waals surface area contributed by atoms with E-state index >= 15 is 0 Å². The molecular weight excluding hydrogens is 453 g/mol. The van der Waals surface area contributed by atoms with Crippen LogP contribution in [-0.2, 0) is 6.18 Å². The van der Waals surface area contributed by atoms with Crippen LogP contribution in [-0.4, -0.2) is 21.8 Å². The Morgan fingerprint density at radius 3 is 2.18 bits per heavy atom. The van der Waals surface area contributed by atoms with Gasteiger partial charge in [0, 0.05) is 6.54 Å². The fraction of sp³-hybridized carbons (Fsp3) is 0.333. The predicted molar refractivity (Wildman–Crippen MR) is 94.0 cm³/mol. The molecule has 0 aliphatic rings. The molecule has 0 aliphatic heterocycles. The molecule has 4 nitrogen and oxygen atoms in total. The number of aromatic nitrogens is 2. The number of anilines is 1. The summed E-state index contributed by atoms with van der Waals surface area (Å²) >= 11 is 11.3. The summed E-state index contributed by atoms with van der Waals surface area (Å²) in [6, 6.07) is 2.70. The van der Waals surface area contributed by atoms with Crippen molar-refractivity contribution in [3.8, 4) is 11.8 Å². The van der Waals surface area contributed by atoms with Crippen LogP contribution >= 0.6 is 35.0 Å². The third-order valence-electron chi connectivity index (χ3n) is 3.26. The van der Waals surface area contributed by atoms with Crippen molar-refractivity contribution in [1.29, 1.82) is 5.26 Å². The molecule has 0 unspecified atom stereocenters. The molecule has 0 bridgehead atoms. The van der Waals surface area contributed by atoms with Gasteiger partial charge in [0.15, 0.2) is 5.69 Å². The zero-order chi connectivity index (χ0) is 21.3. The summed E-state index contributed by atoms with van der Waals surface area (Å²) in [5.41, 5.74) is -6.71. The molecule has 1 heterocycles. The first-order chi connectivity index (χ1) is 12.9. The summed E-state index contributed by atoms with van der Waals surface area (Å²) in [5.74, 6) is -0.246. The predicted octanol–water partition coefficient (Wildman–Crippen LogP) is 6.50. The molecule has 0 spiro atoms. The van der Waals surface area contributed by atoms with E-state index < -0.39 is 49.6 Å². The molecule has 0 fully saturated rings. The highest BCUT2D eigenvalue weighted by Crippen LogP contribution is 2.45. The Kier molecular flexibility index (Phi) is 6.68. The lowest BCUT2D eigenvalue weighted by atomic mass is 10.2. The molecule has 0 aliphatic carbocycles. The van der Waals surface area contributed by atoms with E-state index in [4.69, 9.17) is 28.5 Å². The molecule has 152 valence electrons. The van der Waals surface area contributed by atoms with Crippen LogP contribution < -0.4 is 5.32 Å². The van der Waals surface area contributed by atoms with Gasteiger partial charge in [0.25, 0.3) is 0 Å². The molecule has 28 heavy (non-hydrogen) atoms. The second kappa shape index (κ2) is 8.31. The largest absolute Gasteiger partial charge is 0.446 e. The van der Waals surface area contributed by atoms with Crippen LogP contribution in [0.5, 0.6) is 0 Å². The monoisotopic (exact) mass is 462 g/mol. The van der Waals surface area contributed by atoms with Gasteiger partial charge < -0.3 is 5.32 Å². The quantitative estimate of drug-likeness (QED) is 0.406. The first-order valence-corrected chi connectivity index (χ1v) is 9.05. The molecular formula is C15H10Cl2F6N4S. The van der Waals surface area contributed by atoms with Crippen molar-refractivity contribution >= 4 is 40.8 Å². The maximum atomic E-state index is 12.9. The van der Waals surface area contributed by atoms with Crippen LogP contribution in [0.4, 0.5) is 32.2 Å². The number of nitrogens with zero attached hydrogens (tertiary/aromatic N) is 3. The van der Waals surface area contributed by atoms with Crippen molar-refractivity contribution < 1.29 is 26.3 Å². The highest BCUT2D eigenvalue weighted by molar-refractivity contribution is 8.00. The fourth-order valence-electron chi connectivity index (χ4n) is 2.18. The fourth-order valence-corrected chi connectivity index (χ4v) is 3.50. The second-order valence-corrected chi connectivity index (χ2v) is 7.20. The average Bonchev–Trinajstić information content (AvgIpc) is 2.87. The minimum atomic E-state index is -4.73. The van der Waals surface area contributed by atoms with E-state index in [2.05, 4.69) is 10.4 Å². The summed E-state index contributed by atoms with van der Waals surface area (Å²) in [5, 5.41) is 14.7. The maximum absolute atomic E-state index is 12.9. The van der Waals surface area contributed by atoms with E-state index in [1.54, 1.807) is 13.0 Å². The highest BCUT2D eigenvalue weighted by atomic mass is 35.5. The van der Waals surface area contributed by atoms with Gasteiger partial charge in [0.05, 0.1) is 20.5 Å². The molecule has 1 aromatic heterocycles. The molecule has 2 aromatic rings. The summed E-state index contributed by atoms with van der Waals surface area (Å²) in [6.07, 6.45) is -4.22. The standard InChI is InChI=1S/C15H10Cl2F6N4S/c1-2-3-25-13-12(28-15(21,22)23)10(6-24)26-27(13)11-8(16)4-7(5-9(11)17)14(18,19)20/h4-5,25H,2-3H2,1H3. The summed E-state index contributed by atoms with van der Waals surface area (Å²) in [4.78, 5) is -0.532.